The molecule has 2 aromatic carbocycles. The van der Waals surface area contributed by atoms with Crippen LogP contribution in [-0.2, 0) is 14.3 Å². The summed E-state index contributed by atoms with van der Waals surface area (Å²) >= 11 is 0. The molecule has 5 atom stereocenters. The number of aliphatic hydroxyl groups excluding tert-OH is 1. The average Bonchev–Trinajstić information content (AvgIpc) is 3.53. The van der Waals surface area contributed by atoms with Gasteiger partial charge in [0.1, 0.15) is 6.61 Å². The van der Waals surface area contributed by atoms with Crippen LogP contribution in [0.5, 0.6) is 0 Å². The van der Waals surface area contributed by atoms with Crippen LogP contribution in [-0.4, -0.2) is 53.5 Å². The number of fused-ring (bicyclic) bond motifs is 5. The zero-order valence-electron chi connectivity index (χ0n) is 19.4. The van der Waals surface area contributed by atoms with Gasteiger partial charge in [-0.2, -0.15) is 0 Å². The van der Waals surface area contributed by atoms with Gasteiger partial charge in [0, 0.05) is 18.5 Å². The Bertz CT molecular complexity index is 1090. The molecule has 0 radical (unpaired) electrons. The summed E-state index contributed by atoms with van der Waals surface area (Å²) in [5.41, 5.74) is 4.50. The molecular weight excluding hydrogens is 448 g/mol. The highest BCUT2D eigenvalue weighted by atomic mass is 16.5. The van der Waals surface area contributed by atoms with Gasteiger partial charge in [0.15, 0.2) is 0 Å². The van der Waals surface area contributed by atoms with Crippen LogP contribution in [0, 0.1) is 17.8 Å². The number of rotatable bonds is 8. The van der Waals surface area contributed by atoms with Crippen molar-refractivity contribution in [2.24, 2.45) is 17.8 Å². The first kappa shape index (κ1) is 23.4. The normalized spacial score (nSPS) is 24.9. The van der Waals surface area contributed by atoms with Crippen LogP contribution >= 0.6 is 0 Å². The maximum Gasteiger partial charge on any atom is 0.407 e. The summed E-state index contributed by atoms with van der Waals surface area (Å²) < 4.78 is 5.45. The molecule has 8 nitrogen and oxygen atoms in total. The number of benzene rings is 2. The first-order valence-electron chi connectivity index (χ1n) is 12.2. The summed E-state index contributed by atoms with van der Waals surface area (Å²) in [7, 11) is 0. The van der Waals surface area contributed by atoms with Crippen molar-refractivity contribution in [2.45, 2.75) is 43.7 Å². The molecule has 5 unspecified atom stereocenters. The molecular formula is C27H30N2O6. The lowest BCUT2D eigenvalue weighted by Gasteiger charge is -2.29. The van der Waals surface area contributed by atoms with Gasteiger partial charge < -0.3 is 25.6 Å². The summed E-state index contributed by atoms with van der Waals surface area (Å²) in [4.78, 5) is 36.3. The van der Waals surface area contributed by atoms with Crippen molar-refractivity contribution in [3.05, 3.63) is 59.7 Å². The van der Waals surface area contributed by atoms with Gasteiger partial charge in [0.2, 0.25) is 5.91 Å². The third-order valence-corrected chi connectivity index (χ3v) is 7.78. The second-order valence-electron chi connectivity index (χ2n) is 9.85. The molecule has 2 amide bonds. The summed E-state index contributed by atoms with van der Waals surface area (Å²) in [6.45, 7) is 0.0282. The Morgan fingerprint density at radius 3 is 2.26 bits per heavy atom. The number of carbonyl (C=O) groups excluding carboxylic acids is 2. The number of aliphatic carboxylic acids is 1. The SMILES string of the molecule is O=C(CC(O)CNC(=O)OCC1c2ccccc2-c2ccccc21)NC1C2CCC(C2)C1C(=O)O. The molecule has 184 valence electrons. The van der Waals surface area contributed by atoms with E-state index in [0.29, 0.717) is 0 Å². The first-order chi connectivity index (χ1) is 16.9. The maximum absolute atomic E-state index is 12.4. The Balaban J connectivity index is 1.09. The third kappa shape index (κ3) is 4.62. The number of carboxylic acids is 1. The van der Waals surface area contributed by atoms with E-state index >= 15 is 0 Å². The lowest BCUT2D eigenvalue weighted by molar-refractivity contribution is -0.144. The fraction of sp³-hybridized carbons (Fsp3) is 0.444. The number of hydrogen-bond donors (Lipinski definition) is 4. The van der Waals surface area contributed by atoms with Crippen molar-refractivity contribution in [1.29, 1.82) is 0 Å². The Kier molecular flexibility index (Phi) is 6.47. The Morgan fingerprint density at radius 2 is 1.60 bits per heavy atom. The lowest BCUT2D eigenvalue weighted by atomic mass is 9.84. The molecule has 35 heavy (non-hydrogen) atoms. The van der Waals surface area contributed by atoms with Gasteiger partial charge in [0.25, 0.3) is 0 Å². The number of hydrogen-bond acceptors (Lipinski definition) is 5. The Hall–Kier alpha value is -3.39. The molecule has 0 heterocycles. The van der Waals surface area contributed by atoms with Crippen LogP contribution in [0.3, 0.4) is 0 Å². The van der Waals surface area contributed by atoms with Gasteiger partial charge in [-0.3, -0.25) is 9.59 Å². The predicted molar refractivity (Wildman–Crippen MR) is 128 cm³/mol. The summed E-state index contributed by atoms with van der Waals surface area (Å²) in [5.74, 6) is -1.61. The number of ether oxygens (including phenoxy) is 1. The van der Waals surface area contributed by atoms with Crippen LogP contribution in [0.1, 0.15) is 42.7 Å². The quantitative estimate of drug-likeness (QED) is 0.462. The number of aliphatic hydroxyl groups is 1. The van der Waals surface area contributed by atoms with Crippen molar-refractivity contribution in [2.75, 3.05) is 13.2 Å². The first-order valence-corrected chi connectivity index (χ1v) is 12.2. The van der Waals surface area contributed by atoms with E-state index in [1.54, 1.807) is 0 Å². The minimum Gasteiger partial charge on any atom is -0.481 e. The van der Waals surface area contributed by atoms with Crippen LogP contribution < -0.4 is 10.6 Å². The fourth-order valence-corrected chi connectivity index (χ4v) is 6.24. The van der Waals surface area contributed by atoms with Gasteiger partial charge in [-0.1, -0.05) is 48.5 Å². The van der Waals surface area contributed by atoms with E-state index in [2.05, 4.69) is 22.8 Å². The molecule has 2 aromatic rings. The average molecular weight is 479 g/mol. The number of alkyl carbamates (subject to hydrolysis) is 1. The summed E-state index contributed by atoms with van der Waals surface area (Å²) in [5, 5.41) is 25.1. The molecule has 4 N–H and O–H groups in total. The summed E-state index contributed by atoms with van der Waals surface area (Å²) in [6, 6.07) is 15.7. The molecule has 2 bridgehead atoms. The molecule has 2 saturated carbocycles. The van der Waals surface area contributed by atoms with E-state index in [4.69, 9.17) is 4.74 Å². The second kappa shape index (κ2) is 9.70. The number of amides is 2. The molecule has 0 saturated heterocycles. The summed E-state index contributed by atoms with van der Waals surface area (Å²) in [6.07, 6.45) is 0.659. The van der Waals surface area contributed by atoms with Gasteiger partial charge in [-0.25, -0.2) is 4.79 Å². The largest absolute Gasteiger partial charge is 0.481 e. The second-order valence-corrected chi connectivity index (χ2v) is 9.85. The molecule has 3 aliphatic rings. The number of nitrogens with one attached hydrogen (secondary N) is 2. The predicted octanol–water partition coefficient (Wildman–Crippen LogP) is 2.89. The zero-order valence-corrected chi connectivity index (χ0v) is 19.4. The zero-order chi connectivity index (χ0) is 24.5. The van der Waals surface area contributed by atoms with Gasteiger partial charge >= 0.3 is 12.1 Å². The number of carboxylic acid groups (broad SMARTS) is 1. The van der Waals surface area contributed by atoms with Crippen LogP contribution in [0.25, 0.3) is 11.1 Å². The molecule has 5 rings (SSSR count). The van der Waals surface area contributed by atoms with Crippen LogP contribution in [0.2, 0.25) is 0 Å². The molecule has 0 spiro atoms. The molecule has 3 aliphatic carbocycles. The molecule has 2 fully saturated rings. The lowest BCUT2D eigenvalue weighted by Crippen LogP contribution is -2.48. The van der Waals surface area contributed by atoms with Gasteiger partial charge in [-0.15, -0.1) is 0 Å². The standard InChI is InChI=1S/C27H30N2O6/c30-17(12-23(31)29-25-16-10-9-15(11-16)24(25)26(32)33)13-28-27(34)35-14-22-20-7-3-1-5-18(20)19-6-2-4-8-21(19)22/h1-8,15-17,22,24-25,30H,9-14H2,(H,28,34)(H,29,31)(H,32,33). The minimum atomic E-state index is -1.10. The Morgan fingerprint density at radius 1 is 0.971 bits per heavy atom. The molecule has 8 heteroatoms. The van der Waals surface area contributed by atoms with E-state index < -0.39 is 30.0 Å². The molecule has 0 aliphatic heterocycles. The van der Waals surface area contributed by atoms with E-state index in [9.17, 15) is 24.6 Å². The molecule has 0 aromatic heterocycles. The van der Waals surface area contributed by atoms with Crippen LogP contribution in [0.4, 0.5) is 4.79 Å². The van der Waals surface area contributed by atoms with Crippen molar-refractivity contribution in [3.8, 4) is 11.1 Å². The monoisotopic (exact) mass is 478 g/mol. The third-order valence-electron chi connectivity index (χ3n) is 7.78. The van der Waals surface area contributed by atoms with E-state index in [-0.39, 0.29) is 43.4 Å². The highest BCUT2D eigenvalue weighted by molar-refractivity contribution is 5.80. The van der Waals surface area contributed by atoms with Gasteiger partial charge in [-0.05, 0) is 53.4 Å². The minimum absolute atomic E-state index is 0.0622. The number of carbonyl (C=O) groups is 3. The van der Waals surface area contributed by atoms with Gasteiger partial charge in [0.05, 0.1) is 18.4 Å². The highest BCUT2D eigenvalue weighted by Crippen LogP contribution is 2.48. The van der Waals surface area contributed by atoms with Crippen molar-refractivity contribution < 1.29 is 29.3 Å². The van der Waals surface area contributed by atoms with Crippen molar-refractivity contribution >= 4 is 18.0 Å². The topological polar surface area (TPSA) is 125 Å². The van der Waals surface area contributed by atoms with Crippen molar-refractivity contribution in [1.82, 2.24) is 10.6 Å². The van der Waals surface area contributed by atoms with Crippen molar-refractivity contribution in [3.63, 3.8) is 0 Å². The van der Waals surface area contributed by atoms with E-state index in [1.807, 2.05) is 36.4 Å². The van der Waals surface area contributed by atoms with E-state index in [1.165, 1.54) is 0 Å². The highest BCUT2D eigenvalue weighted by Gasteiger charge is 2.51. The Labute approximate surface area is 203 Å². The van der Waals surface area contributed by atoms with E-state index in [0.717, 1.165) is 41.5 Å². The fourth-order valence-electron chi connectivity index (χ4n) is 6.24. The smallest absolute Gasteiger partial charge is 0.407 e. The van der Waals surface area contributed by atoms with Crippen LogP contribution in [0.15, 0.2) is 48.5 Å². The maximum atomic E-state index is 12.4.